The van der Waals surface area contributed by atoms with Crippen molar-refractivity contribution in [3.63, 3.8) is 0 Å². The highest BCUT2D eigenvalue weighted by atomic mass is 28.3. The van der Waals surface area contributed by atoms with Gasteiger partial charge in [-0.25, -0.2) is 9.97 Å². The summed E-state index contributed by atoms with van der Waals surface area (Å²) in [6.07, 6.45) is 0. The minimum atomic E-state index is -2.15. The normalized spacial score (nSPS) is 13.2. The van der Waals surface area contributed by atoms with Gasteiger partial charge in [-0.3, -0.25) is 0 Å². The molecule has 0 N–H and O–H groups in total. The van der Waals surface area contributed by atoms with Gasteiger partial charge in [-0.2, -0.15) is 18.3 Å². The molecule has 0 unspecified atom stereocenters. The highest BCUT2D eigenvalue weighted by Gasteiger charge is 2.32. The summed E-state index contributed by atoms with van der Waals surface area (Å²) in [7, 11) is -2.15. The first-order chi connectivity index (χ1) is 26.1. The van der Waals surface area contributed by atoms with Crippen molar-refractivity contribution in [2.45, 2.75) is 13.1 Å². The molecule has 0 saturated carbocycles. The standard InChI is InChI=1S/C48H34N4Si/c1-53(2)44-24-14-11-21-37(44)46-47(53)45(31-25-27-42-38(29-31)35-19-9-12-22-40(35)51(42)33-15-5-3-6-16-33)49-48(50-46)32-26-28-43-39(30-32)36-20-10-13-23-41(36)52(43)34-17-7-4-8-18-34/h3-30H,1-2H3/q-1. The van der Waals surface area contributed by atoms with Crippen molar-refractivity contribution in [3.8, 4) is 45.3 Å². The molecule has 0 spiro atoms. The molecule has 7 aromatic carbocycles. The van der Waals surface area contributed by atoms with Gasteiger partial charge >= 0.3 is 0 Å². The van der Waals surface area contributed by atoms with Gasteiger partial charge < -0.3 is 9.13 Å². The quantitative estimate of drug-likeness (QED) is 0.172. The van der Waals surface area contributed by atoms with Crippen molar-refractivity contribution in [1.29, 1.82) is 0 Å². The molecule has 0 atom stereocenters. The molecule has 10 aromatic rings. The van der Waals surface area contributed by atoms with Crippen LogP contribution in [0.2, 0.25) is 13.1 Å². The summed E-state index contributed by atoms with van der Waals surface area (Å²) in [6.45, 7) is 4.91. The third-order valence-electron chi connectivity index (χ3n) is 11.3. The molecule has 5 heteroatoms. The van der Waals surface area contributed by atoms with E-state index in [2.05, 4.69) is 192 Å². The van der Waals surface area contributed by atoms with E-state index in [1.165, 1.54) is 59.5 Å². The number of rotatable bonds is 4. The van der Waals surface area contributed by atoms with Crippen LogP contribution in [-0.2, 0) is 0 Å². The van der Waals surface area contributed by atoms with Gasteiger partial charge in [0, 0.05) is 49.9 Å². The van der Waals surface area contributed by atoms with Crippen LogP contribution >= 0.6 is 0 Å². The monoisotopic (exact) mass is 694 g/mol. The molecule has 251 valence electrons. The molecule has 0 aliphatic carbocycles. The lowest BCUT2D eigenvalue weighted by Gasteiger charge is -2.33. The Kier molecular flexibility index (Phi) is 6.37. The van der Waals surface area contributed by atoms with E-state index in [1.54, 1.807) is 0 Å². The van der Waals surface area contributed by atoms with E-state index in [0.717, 1.165) is 39.7 Å². The Morgan fingerprint density at radius 1 is 0.415 bits per heavy atom. The van der Waals surface area contributed by atoms with Crippen molar-refractivity contribution in [1.82, 2.24) is 19.1 Å². The molecule has 0 bridgehead atoms. The predicted molar refractivity (Wildman–Crippen MR) is 224 cm³/mol. The fraction of sp³-hybridized carbons (Fsp3) is 0.0417. The van der Waals surface area contributed by atoms with E-state index in [1.807, 2.05) is 0 Å². The first-order valence-corrected chi connectivity index (χ1v) is 21.3. The van der Waals surface area contributed by atoms with Gasteiger partial charge in [0.1, 0.15) is 0 Å². The van der Waals surface area contributed by atoms with Crippen molar-refractivity contribution >= 4 is 62.1 Å². The summed E-state index contributed by atoms with van der Waals surface area (Å²) in [5, 5.41) is 7.60. The fourth-order valence-corrected chi connectivity index (χ4v) is 12.1. The van der Waals surface area contributed by atoms with Crippen LogP contribution in [-0.4, -0.2) is 27.2 Å². The summed E-state index contributed by atoms with van der Waals surface area (Å²) in [5.41, 5.74) is 12.6. The Hall–Kier alpha value is -6.56. The smallest absolute Gasteiger partial charge is 0.160 e. The Labute approximate surface area is 308 Å². The van der Waals surface area contributed by atoms with Crippen molar-refractivity contribution in [2.75, 3.05) is 0 Å². The molecule has 11 rings (SSSR count). The third-order valence-corrected chi connectivity index (χ3v) is 14.8. The van der Waals surface area contributed by atoms with Crippen LogP contribution in [0.25, 0.3) is 88.9 Å². The summed E-state index contributed by atoms with van der Waals surface area (Å²) in [5.74, 6) is 0.755. The molecule has 0 amide bonds. The summed E-state index contributed by atoms with van der Waals surface area (Å²) < 4.78 is 4.73. The number of aromatic nitrogens is 4. The SMILES string of the molecule is C[Si-]1(C)c2ccccc2-c2nc(-c3ccc4c(c3)c3ccccc3n4-c3ccccc3)nc(-c3ccc4c(c3)c3ccccc3n4-c3ccccc3)c21. The van der Waals surface area contributed by atoms with Crippen LogP contribution in [0.3, 0.4) is 0 Å². The maximum atomic E-state index is 5.58. The number of nitrogens with zero attached hydrogens (tertiary/aromatic N) is 4. The number of benzene rings is 7. The first-order valence-electron chi connectivity index (χ1n) is 18.3. The van der Waals surface area contributed by atoms with Crippen LogP contribution in [0.1, 0.15) is 0 Å². The van der Waals surface area contributed by atoms with Crippen molar-refractivity contribution in [3.05, 3.63) is 170 Å². The second-order valence-electron chi connectivity index (χ2n) is 14.6. The maximum Gasteiger partial charge on any atom is 0.160 e. The highest BCUT2D eigenvalue weighted by molar-refractivity contribution is 7.04. The fourth-order valence-electron chi connectivity index (χ4n) is 8.90. The van der Waals surface area contributed by atoms with Crippen LogP contribution in [0.5, 0.6) is 0 Å². The second kappa shape index (κ2) is 11.2. The molecule has 0 fully saturated rings. The minimum absolute atomic E-state index is 0.755. The molecule has 1 aliphatic heterocycles. The predicted octanol–water partition coefficient (Wildman–Crippen LogP) is 10.8. The van der Waals surface area contributed by atoms with E-state index in [0.29, 0.717) is 0 Å². The van der Waals surface area contributed by atoms with Gasteiger partial charge in [-0.1, -0.05) is 111 Å². The van der Waals surface area contributed by atoms with E-state index in [-0.39, 0.29) is 0 Å². The first kappa shape index (κ1) is 30.1. The van der Waals surface area contributed by atoms with Gasteiger partial charge in [-0.05, 0) is 77.9 Å². The largest absolute Gasteiger partial charge is 0.309 e. The van der Waals surface area contributed by atoms with Crippen molar-refractivity contribution in [2.24, 2.45) is 0 Å². The number of fused-ring (bicyclic) bond motifs is 9. The maximum absolute atomic E-state index is 5.58. The number of para-hydroxylation sites is 4. The summed E-state index contributed by atoms with van der Waals surface area (Å²) in [6, 6.07) is 61.2. The number of hydrogen-bond acceptors (Lipinski definition) is 2. The van der Waals surface area contributed by atoms with Gasteiger partial charge in [-0.15, -0.1) is 5.19 Å². The van der Waals surface area contributed by atoms with Crippen LogP contribution in [0.4, 0.5) is 0 Å². The van der Waals surface area contributed by atoms with Gasteiger partial charge in [0.2, 0.25) is 0 Å². The zero-order valence-electron chi connectivity index (χ0n) is 29.5. The molecule has 4 heterocycles. The number of hydrogen-bond donors (Lipinski definition) is 0. The minimum Gasteiger partial charge on any atom is -0.309 e. The Morgan fingerprint density at radius 3 is 1.51 bits per heavy atom. The molecule has 53 heavy (non-hydrogen) atoms. The Bertz CT molecular complexity index is 3080. The molecule has 4 nitrogen and oxygen atoms in total. The van der Waals surface area contributed by atoms with Crippen LogP contribution < -0.4 is 10.4 Å². The zero-order chi connectivity index (χ0) is 35.3. The molecular formula is C48H34N4Si-. The van der Waals surface area contributed by atoms with E-state index >= 15 is 0 Å². The summed E-state index contributed by atoms with van der Waals surface area (Å²) >= 11 is 0. The van der Waals surface area contributed by atoms with E-state index < -0.39 is 8.07 Å². The molecule has 1 aliphatic rings. The lowest BCUT2D eigenvalue weighted by Crippen LogP contribution is -2.50. The topological polar surface area (TPSA) is 35.6 Å². The Morgan fingerprint density at radius 2 is 0.887 bits per heavy atom. The van der Waals surface area contributed by atoms with Crippen molar-refractivity contribution < 1.29 is 0 Å². The Balaban J connectivity index is 1.17. The average Bonchev–Trinajstić information content (AvgIpc) is 3.81. The molecule has 0 saturated heterocycles. The zero-order valence-corrected chi connectivity index (χ0v) is 30.5. The van der Waals surface area contributed by atoms with Gasteiger partial charge in [0.25, 0.3) is 0 Å². The highest BCUT2D eigenvalue weighted by Crippen LogP contribution is 2.39. The lowest BCUT2D eigenvalue weighted by atomic mass is 10.0. The second-order valence-corrected chi connectivity index (χ2v) is 18.9. The lowest BCUT2D eigenvalue weighted by molar-refractivity contribution is 1.18. The average molecular weight is 695 g/mol. The van der Waals surface area contributed by atoms with E-state index in [9.17, 15) is 0 Å². The van der Waals surface area contributed by atoms with Crippen LogP contribution in [0.15, 0.2) is 170 Å². The molecule has 0 radical (unpaired) electrons. The summed E-state index contributed by atoms with van der Waals surface area (Å²) in [4.78, 5) is 11.0. The molecule has 3 aromatic heterocycles. The third kappa shape index (κ3) is 4.35. The molecular weight excluding hydrogens is 661 g/mol. The van der Waals surface area contributed by atoms with Gasteiger partial charge in [0.15, 0.2) is 5.82 Å². The van der Waals surface area contributed by atoms with E-state index in [4.69, 9.17) is 9.97 Å². The van der Waals surface area contributed by atoms with Crippen LogP contribution in [0, 0.1) is 0 Å². The van der Waals surface area contributed by atoms with Gasteiger partial charge in [0.05, 0.1) is 22.1 Å².